The van der Waals surface area contributed by atoms with Crippen LogP contribution in [0.3, 0.4) is 0 Å². The Morgan fingerprint density at radius 1 is 1.45 bits per heavy atom. The molecule has 1 aromatic carbocycles. The Bertz CT molecular complexity index is 537. The minimum Gasteiger partial charge on any atom is -0.410 e. The maximum absolute atomic E-state index is 12.0. The summed E-state index contributed by atoms with van der Waals surface area (Å²) in [7, 11) is 0. The second kappa shape index (κ2) is 5.33. The number of hydrogen-bond donors (Lipinski definition) is 2. The van der Waals surface area contributed by atoms with Gasteiger partial charge in [-0.25, -0.2) is 4.79 Å². The van der Waals surface area contributed by atoms with Gasteiger partial charge in [0.05, 0.1) is 19.3 Å². The van der Waals surface area contributed by atoms with Gasteiger partial charge in [0, 0.05) is 16.5 Å². The molecule has 0 saturated carbocycles. The van der Waals surface area contributed by atoms with Crippen LogP contribution in [0.2, 0.25) is 0 Å². The number of hydrogen-bond acceptors (Lipinski definition) is 5. The van der Waals surface area contributed by atoms with Gasteiger partial charge in [0.15, 0.2) is 0 Å². The predicted molar refractivity (Wildman–Crippen MR) is 72.1 cm³/mol. The van der Waals surface area contributed by atoms with Crippen LogP contribution in [0.1, 0.15) is 12.0 Å². The van der Waals surface area contributed by atoms with Crippen LogP contribution in [0.15, 0.2) is 22.7 Å². The molecule has 2 aliphatic heterocycles. The first-order valence-electron chi connectivity index (χ1n) is 6.29. The smallest absolute Gasteiger partial charge is 0.410 e. The SMILES string of the molecule is O=C1Oc2ccc(Br)cc2CN1[C@H]1C[C@H](O)[C@@H](CO)O1. The second-order valence-electron chi connectivity index (χ2n) is 4.86. The number of aliphatic hydroxyl groups excluding tert-OH is 2. The van der Waals surface area contributed by atoms with Gasteiger partial charge in [-0.3, -0.25) is 4.90 Å². The van der Waals surface area contributed by atoms with E-state index in [4.69, 9.17) is 14.6 Å². The second-order valence-corrected chi connectivity index (χ2v) is 5.78. The number of carbonyl (C=O) groups excluding carboxylic acids is 1. The molecule has 3 atom stereocenters. The molecule has 7 heteroatoms. The van der Waals surface area contributed by atoms with Crippen molar-refractivity contribution in [3.63, 3.8) is 0 Å². The number of aliphatic hydroxyl groups is 2. The van der Waals surface area contributed by atoms with Crippen LogP contribution in [0.4, 0.5) is 4.79 Å². The summed E-state index contributed by atoms with van der Waals surface area (Å²) in [5.41, 5.74) is 0.865. The van der Waals surface area contributed by atoms with E-state index >= 15 is 0 Å². The summed E-state index contributed by atoms with van der Waals surface area (Å²) < 4.78 is 11.6. The van der Waals surface area contributed by atoms with Crippen molar-refractivity contribution in [2.45, 2.75) is 31.4 Å². The average molecular weight is 344 g/mol. The molecule has 0 unspecified atom stereocenters. The Kier molecular flexibility index (Phi) is 3.68. The maximum Gasteiger partial charge on any atom is 0.417 e. The third kappa shape index (κ3) is 2.42. The zero-order valence-corrected chi connectivity index (χ0v) is 12.1. The van der Waals surface area contributed by atoms with Gasteiger partial charge in [0.25, 0.3) is 0 Å². The monoisotopic (exact) mass is 343 g/mol. The average Bonchev–Trinajstić information content (AvgIpc) is 2.79. The summed E-state index contributed by atoms with van der Waals surface area (Å²) in [6, 6.07) is 5.42. The third-order valence-electron chi connectivity index (χ3n) is 3.53. The molecular weight excluding hydrogens is 330 g/mol. The van der Waals surface area contributed by atoms with E-state index < -0.39 is 24.5 Å². The van der Waals surface area contributed by atoms with Crippen molar-refractivity contribution in [2.24, 2.45) is 0 Å². The lowest BCUT2D eigenvalue weighted by molar-refractivity contribution is -0.0735. The van der Waals surface area contributed by atoms with Crippen molar-refractivity contribution >= 4 is 22.0 Å². The lowest BCUT2D eigenvalue weighted by Gasteiger charge is -2.32. The minimum absolute atomic E-state index is 0.268. The Balaban J connectivity index is 1.80. The fourth-order valence-corrected chi connectivity index (χ4v) is 2.87. The summed E-state index contributed by atoms with van der Waals surface area (Å²) in [4.78, 5) is 13.4. The molecule has 2 heterocycles. The Morgan fingerprint density at radius 3 is 2.95 bits per heavy atom. The zero-order chi connectivity index (χ0) is 14.3. The number of amides is 1. The first kappa shape index (κ1) is 13.8. The van der Waals surface area contributed by atoms with E-state index in [-0.39, 0.29) is 13.0 Å². The Hall–Kier alpha value is -1.15. The van der Waals surface area contributed by atoms with Gasteiger partial charge in [-0.1, -0.05) is 15.9 Å². The molecule has 1 amide bonds. The molecule has 0 radical (unpaired) electrons. The summed E-state index contributed by atoms with van der Waals surface area (Å²) in [5.74, 6) is 0.534. The lowest BCUT2D eigenvalue weighted by Crippen LogP contribution is -2.44. The Morgan fingerprint density at radius 2 is 2.25 bits per heavy atom. The molecule has 0 bridgehead atoms. The normalized spacial score (nSPS) is 29.2. The highest BCUT2D eigenvalue weighted by atomic mass is 79.9. The number of benzene rings is 1. The van der Waals surface area contributed by atoms with E-state index in [2.05, 4.69) is 15.9 Å². The molecule has 6 nitrogen and oxygen atoms in total. The fourth-order valence-electron chi connectivity index (χ4n) is 2.46. The van der Waals surface area contributed by atoms with Crippen LogP contribution < -0.4 is 4.74 Å². The first-order valence-corrected chi connectivity index (χ1v) is 7.09. The van der Waals surface area contributed by atoms with Gasteiger partial charge in [-0.2, -0.15) is 0 Å². The van der Waals surface area contributed by atoms with Crippen molar-refractivity contribution in [3.05, 3.63) is 28.2 Å². The van der Waals surface area contributed by atoms with E-state index in [9.17, 15) is 9.90 Å². The van der Waals surface area contributed by atoms with E-state index in [1.165, 1.54) is 4.90 Å². The number of halogens is 1. The maximum atomic E-state index is 12.0. The molecule has 20 heavy (non-hydrogen) atoms. The van der Waals surface area contributed by atoms with Crippen molar-refractivity contribution < 1.29 is 24.5 Å². The summed E-state index contributed by atoms with van der Waals surface area (Å²) in [5, 5.41) is 18.8. The molecule has 0 aromatic heterocycles. The standard InChI is InChI=1S/C13H14BrNO5/c14-8-1-2-10-7(3-8)5-15(13(18)20-10)12-4-9(17)11(6-16)19-12/h1-3,9,11-12,16-17H,4-6H2/t9-,11+,12+/m0/s1. The first-order chi connectivity index (χ1) is 9.58. The van der Waals surface area contributed by atoms with Crippen molar-refractivity contribution in [1.82, 2.24) is 4.90 Å². The molecular formula is C13H14BrNO5. The van der Waals surface area contributed by atoms with Crippen molar-refractivity contribution in [1.29, 1.82) is 0 Å². The van der Waals surface area contributed by atoms with Gasteiger partial charge < -0.3 is 19.7 Å². The van der Waals surface area contributed by atoms with Crippen LogP contribution in [-0.2, 0) is 11.3 Å². The van der Waals surface area contributed by atoms with Crippen LogP contribution in [0.25, 0.3) is 0 Å². The molecule has 108 valence electrons. The summed E-state index contributed by atoms with van der Waals surface area (Å²) in [6.07, 6.45) is -2.25. The molecule has 0 spiro atoms. The largest absolute Gasteiger partial charge is 0.417 e. The number of ether oxygens (including phenoxy) is 2. The van der Waals surface area contributed by atoms with E-state index in [1.807, 2.05) is 6.07 Å². The third-order valence-corrected chi connectivity index (χ3v) is 4.02. The fraction of sp³-hybridized carbons (Fsp3) is 0.462. The molecule has 1 saturated heterocycles. The molecule has 3 rings (SSSR count). The van der Waals surface area contributed by atoms with Crippen molar-refractivity contribution in [2.75, 3.05) is 6.61 Å². The summed E-state index contributed by atoms with van der Waals surface area (Å²) >= 11 is 3.38. The minimum atomic E-state index is -0.776. The lowest BCUT2D eigenvalue weighted by atomic mass is 10.1. The summed E-state index contributed by atoms with van der Waals surface area (Å²) in [6.45, 7) is 0.0752. The number of rotatable bonds is 2. The van der Waals surface area contributed by atoms with Crippen molar-refractivity contribution in [3.8, 4) is 5.75 Å². The number of nitrogens with zero attached hydrogens (tertiary/aromatic N) is 1. The quantitative estimate of drug-likeness (QED) is 0.844. The highest BCUT2D eigenvalue weighted by molar-refractivity contribution is 9.10. The zero-order valence-electron chi connectivity index (χ0n) is 10.5. The van der Waals surface area contributed by atoms with Crippen LogP contribution in [0.5, 0.6) is 5.75 Å². The molecule has 1 aromatic rings. The van der Waals surface area contributed by atoms with Gasteiger partial charge in [0.1, 0.15) is 18.1 Å². The van der Waals surface area contributed by atoms with Gasteiger partial charge in [-0.05, 0) is 18.2 Å². The Labute approximate surface area is 124 Å². The molecule has 2 N–H and O–H groups in total. The van der Waals surface area contributed by atoms with Crippen LogP contribution in [-0.4, -0.2) is 46.2 Å². The van der Waals surface area contributed by atoms with Gasteiger partial charge in [0.2, 0.25) is 0 Å². The van der Waals surface area contributed by atoms with Gasteiger partial charge >= 0.3 is 6.09 Å². The number of carbonyl (C=O) groups is 1. The van der Waals surface area contributed by atoms with Crippen LogP contribution in [0, 0.1) is 0 Å². The highest BCUT2D eigenvalue weighted by Crippen LogP contribution is 2.33. The van der Waals surface area contributed by atoms with E-state index in [0.717, 1.165) is 10.0 Å². The molecule has 0 aliphatic carbocycles. The highest BCUT2D eigenvalue weighted by Gasteiger charge is 2.41. The number of fused-ring (bicyclic) bond motifs is 1. The molecule has 2 aliphatic rings. The topological polar surface area (TPSA) is 79.2 Å². The predicted octanol–water partition coefficient (Wildman–Crippen LogP) is 1.23. The molecule has 1 fully saturated rings. The van der Waals surface area contributed by atoms with Gasteiger partial charge in [-0.15, -0.1) is 0 Å². The van der Waals surface area contributed by atoms with E-state index in [0.29, 0.717) is 12.3 Å². The van der Waals surface area contributed by atoms with Crippen LogP contribution >= 0.6 is 15.9 Å². The van der Waals surface area contributed by atoms with E-state index in [1.54, 1.807) is 12.1 Å².